The molecule has 2 N–H and O–H groups in total. The number of hydrogen-bond acceptors (Lipinski definition) is 3. The van der Waals surface area contributed by atoms with Gasteiger partial charge in [0.05, 0.1) is 6.42 Å². The summed E-state index contributed by atoms with van der Waals surface area (Å²) in [6.07, 6.45) is 6.03. The highest BCUT2D eigenvalue weighted by Gasteiger charge is 2.36. The number of amides is 1. The summed E-state index contributed by atoms with van der Waals surface area (Å²) in [5, 5.41) is 12.2. The minimum atomic E-state index is -0.863. The molecule has 0 unspecified atom stereocenters. The van der Waals surface area contributed by atoms with Gasteiger partial charge in [-0.2, -0.15) is 0 Å². The highest BCUT2D eigenvalue weighted by molar-refractivity contribution is 5.79. The quantitative estimate of drug-likeness (QED) is 0.790. The molecule has 0 heterocycles. The second kappa shape index (κ2) is 7.25. The third-order valence-electron chi connectivity index (χ3n) is 4.49. The molecule has 0 bridgehead atoms. The second-order valence-corrected chi connectivity index (χ2v) is 7.13. The summed E-state index contributed by atoms with van der Waals surface area (Å²) in [4.78, 5) is 25.3. The molecule has 0 aromatic rings. The van der Waals surface area contributed by atoms with E-state index in [-0.39, 0.29) is 30.0 Å². The zero-order chi connectivity index (χ0) is 16.1. The Balaban J connectivity index is 2.77. The van der Waals surface area contributed by atoms with Crippen LogP contribution in [0.4, 0.5) is 0 Å². The summed E-state index contributed by atoms with van der Waals surface area (Å²) in [5.41, 5.74) is -0.460. The largest absolute Gasteiger partial charge is 0.481 e. The van der Waals surface area contributed by atoms with Crippen molar-refractivity contribution in [2.24, 2.45) is 0 Å². The van der Waals surface area contributed by atoms with Crippen molar-refractivity contribution in [1.29, 1.82) is 0 Å². The number of carboxylic acids is 1. The normalized spacial score (nSPS) is 18.3. The van der Waals surface area contributed by atoms with E-state index in [9.17, 15) is 9.59 Å². The minimum absolute atomic E-state index is 0.00440. The van der Waals surface area contributed by atoms with Gasteiger partial charge in [0.15, 0.2) is 0 Å². The molecule has 0 radical (unpaired) electrons. The minimum Gasteiger partial charge on any atom is -0.481 e. The zero-order valence-corrected chi connectivity index (χ0v) is 13.9. The Morgan fingerprint density at radius 2 is 1.76 bits per heavy atom. The number of carboxylic acid groups (broad SMARTS) is 1. The lowest BCUT2D eigenvalue weighted by atomic mass is 9.79. The van der Waals surface area contributed by atoms with Crippen molar-refractivity contribution in [3.05, 3.63) is 0 Å². The molecule has 21 heavy (non-hydrogen) atoms. The first-order valence-corrected chi connectivity index (χ1v) is 7.91. The molecular formula is C16H30N2O3. The smallest absolute Gasteiger partial charge is 0.305 e. The summed E-state index contributed by atoms with van der Waals surface area (Å²) in [7, 11) is 1.93. The van der Waals surface area contributed by atoms with Gasteiger partial charge in [0.25, 0.3) is 0 Å². The van der Waals surface area contributed by atoms with Crippen molar-refractivity contribution in [1.82, 2.24) is 10.2 Å². The van der Waals surface area contributed by atoms with Crippen LogP contribution in [-0.4, -0.2) is 46.6 Å². The molecule has 1 amide bonds. The van der Waals surface area contributed by atoms with E-state index in [1.54, 1.807) is 4.90 Å². The van der Waals surface area contributed by atoms with Crippen LogP contribution in [0, 0.1) is 0 Å². The van der Waals surface area contributed by atoms with Gasteiger partial charge in [-0.15, -0.1) is 0 Å². The lowest BCUT2D eigenvalue weighted by molar-refractivity contribution is -0.141. The molecular weight excluding hydrogens is 268 g/mol. The average molecular weight is 298 g/mol. The topological polar surface area (TPSA) is 69.6 Å². The Labute approximate surface area is 128 Å². The van der Waals surface area contributed by atoms with Crippen LogP contribution < -0.4 is 5.32 Å². The van der Waals surface area contributed by atoms with Gasteiger partial charge in [-0.1, -0.05) is 19.3 Å². The lowest BCUT2D eigenvalue weighted by Crippen LogP contribution is -2.53. The van der Waals surface area contributed by atoms with Crippen LogP contribution in [0.3, 0.4) is 0 Å². The lowest BCUT2D eigenvalue weighted by Gasteiger charge is -2.41. The average Bonchev–Trinajstić information content (AvgIpc) is 2.38. The van der Waals surface area contributed by atoms with E-state index in [2.05, 4.69) is 5.32 Å². The van der Waals surface area contributed by atoms with Gasteiger partial charge in [0.1, 0.15) is 0 Å². The van der Waals surface area contributed by atoms with Crippen LogP contribution in [0.15, 0.2) is 0 Å². The number of carbonyl (C=O) groups excluding carboxylic acids is 1. The van der Waals surface area contributed by atoms with Crippen LogP contribution in [0.2, 0.25) is 0 Å². The molecule has 1 fully saturated rings. The van der Waals surface area contributed by atoms with E-state index in [1.165, 1.54) is 6.42 Å². The molecule has 0 atom stereocenters. The fraction of sp³-hybridized carbons (Fsp3) is 0.875. The first kappa shape index (κ1) is 18.0. The van der Waals surface area contributed by atoms with Crippen molar-refractivity contribution >= 4 is 11.9 Å². The summed E-state index contributed by atoms with van der Waals surface area (Å²) in [6.45, 7) is 6.15. The van der Waals surface area contributed by atoms with E-state index < -0.39 is 5.97 Å². The van der Waals surface area contributed by atoms with Crippen LogP contribution >= 0.6 is 0 Å². The number of aliphatic carboxylic acids is 1. The highest BCUT2D eigenvalue weighted by atomic mass is 16.4. The van der Waals surface area contributed by atoms with Gasteiger partial charge in [0.2, 0.25) is 5.91 Å². The molecule has 122 valence electrons. The van der Waals surface area contributed by atoms with Crippen molar-refractivity contribution in [2.45, 2.75) is 76.8 Å². The predicted octanol–water partition coefficient (Wildman–Crippen LogP) is 2.40. The zero-order valence-electron chi connectivity index (χ0n) is 13.9. The fourth-order valence-electron chi connectivity index (χ4n) is 3.17. The highest BCUT2D eigenvalue weighted by Crippen LogP contribution is 2.32. The Morgan fingerprint density at radius 3 is 2.19 bits per heavy atom. The number of rotatable bonds is 6. The monoisotopic (exact) mass is 298 g/mol. The van der Waals surface area contributed by atoms with Crippen LogP contribution in [-0.2, 0) is 9.59 Å². The molecule has 0 aromatic heterocycles. The Bertz CT molecular complexity index is 368. The Kier molecular flexibility index (Phi) is 6.20. The first-order valence-electron chi connectivity index (χ1n) is 7.91. The number of carbonyl (C=O) groups is 2. The van der Waals surface area contributed by atoms with Crippen LogP contribution in [0.25, 0.3) is 0 Å². The fourth-order valence-corrected chi connectivity index (χ4v) is 3.17. The summed E-state index contributed by atoms with van der Waals surface area (Å²) in [5.74, 6) is -0.807. The van der Waals surface area contributed by atoms with E-state index in [0.29, 0.717) is 6.42 Å². The number of nitrogens with zero attached hydrogens (tertiary/aromatic N) is 1. The van der Waals surface area contributed by atoms with Crippen molar-refractivity contribution in [3.8, 4) is 0 Å². The maximum absolute atomic E-state index is 12.7. The number of hydrogen-bond donors (Lipinski definition) is 2. The molecule has 5 nitrogen and oxygen atoms in total. The number of nitrogens with one attached hydrogen (secondary N) is 1. The first-order chi connectivity index (χ1) is 9.70. The third-order valence-corrected chi connectivity index (χ3v) is 4.49. The predicted molar refractivity (Wildman–Crippen MR) is 83.2 cm³/mol. The summed E-state index contributed by atoms with van der Waals surface area (Å²) in [6, 6.07) is 0. The molecule has 1 aliphatic rings. The summed E-state index contributed by atoms with van der Waals surface area (Å²) >= 11 is 0. The molecule has 5 heteroatoms. The standard InChI is InChI=1S/C16H30N2O3/c1-15(2,3)18(11-8-14(20)21)13(19)12-16(17-4)9-6-5-7-10-16/h17H,5-12H2,1-4H3,(H,20,21). The SMILES string of the molecule is CNC1(CC(=O)N(CCC(=O)O)C(C)(C)C)CCCCC1. The van der Waals surface area contributed by atoms with Crippen LogP contribution in [0.1, 0.15) is 65.7 Å². The van der Waals surface area contributed by atoms with Crippen molar-refractivity contribution < 1.29 is 14.7 Å². The Hall–Kier alpha value is -1.10. The van der Waals surface area contributed by atoms with Crippen molar-refractivity contribution in [2.75, 3.05) is 13.6 Å². The van der Waals surface area contributed by atoms with Gasteiger partial charge in [-0.3, -0.25) is 9.59 Å². The molecule has 0 aromatic carbocycles. The van der Waals surface area contributed by atoms with Crippen LogP contribution in [0.5, 0.6) is 0 Å². The van der Waals surface area contributed by atoms with Gasteiger partial charge < -0.3 is 15.3 Å². The van der Waals surface area contributed by atoms with Gasteiger partial charge in [-0.25, -0.2) is 0 Å². The van der Waals surface area contributed by atoms with Gasteiger partial charge in [0, 0.05) is 24.0 Å². The molecule has 0 saturated heterocycles. The van der Waals surface area contributed by atoms with E-state index in [4.69, 9.17) is 5.11 Å². The van der Waals surface area contributed by atoms with E-state index in [0.717, 1.165) is 25.7 Å². The third kappa shape index (κ3) is 5.30. The molecule has 1 rings (SSSR count). The maximum atomic E-state index is 12.7. The molecule has 1 saturated carbocycles. The van der Waals surface area contributed by atoms with Crippen molar-refractivity contribution in [3.63, 3.8) is 0 Å². The Morgan fingerprint density at radius 1 is 1.19 bits per heavy atom. The van der Waals surface area contributed by atoms with E-state index in [1.807, 2.05) is 27.8 Å². The van der Waals surface area contributed by atoms with Gasteiger partial charge >= 0.3 is 5.97 Å². The molecule has 0 aliphatic heterocycles. The second-order valence-electron chi connectivity index (χ2n) is 7.13. The maximum Gasteiger partial charge on any atom is 0.305 e. The summed E-state index contributed by atoms with van der Waals surface area (Å²) < 4.78 is 0. The van der Waals surface area contributed by atoms with Gasteiger partial charge in [-0.05, 0) is 40.7 Å². The molecule has 1 aliphatic carbocycles. The van der Waals surface area contributed by atoms with E-state index >= 15 is 0 Å². The molecule has 0 spiro atoms.